The van der Waals surface area contributed by atoms with E-state index >= 15 is 0 Å². The molecule has 0 N–H and O–H groups in total. The Bertz CT molecular complexity index is 94.9. The second-order valence-electron chi connectivity index (χ2n) is 0.408. The Kier molecular flexibility index (Phi) is 11.9. The fourth-order valence-electron chi connectivity index (χ4n) is 0. The van der Waals surface area contributed by atoms with E-state index in [0.717, 1.165) is 0 Å². The van der Waals surface area contributed by atoms with Crippen molar-refractivity contribution in [2.75, 3.05) is 0 Å². The molecule has 0 heterocycles. The van der Waals surface area contributed by atoms with Crippen LogP contribution in [-0.4, -0.2) is 40.6 Å². The van der Waals surface area contributed by atoms with Crippen LogP contribution in [0, 0.1) is 0 Å². The molecule has 0 amide bonds. The third-order valence-corrected chi connectivity index (χ3v) is 0. The molecular formula is CuMgO4S. The van der Waals surface area contributed by atoms with Gasteiger partial charge in [0.1, 0.15) is 0 Å². The van der Waals surface area contributed by atoms with E-state index in [1.165, 1.54) is 0 Å². The molecule has 0 fully saturated rings. The van der Waals surface area contributed by atoms with Crippen LogP contribution in [-0.2, 0) is 27.5 Å². The molecule has 43 valence electrons. The number of hydrogen-bond donors (Lipinski definition) is 0. The first kappa shape index (κ1) is 15.7. The Morgan fingerprint density at radius 3 is 1.14 bits per heavy atom. The van der Waals surface area contributed by atoms with Gasteiger partial charge in [0, 0.05) is 33.5 Å². The normalized spacial score (nSPS) is 8.29. The second kappa shape index (κ2) is 5.30. The molecule has 7 heteroatoms. The summed E-state index contributed by atoms with van der Waals surface area (Å²) in [5, 5.41) is 0. The summed E-state index contributed by atoms with van der Waals surface area (Å²) in [5.74, 6) is 0. The van der Waals surface area contributed by atoms with Crippen LogP contribution in [0.3, 0.4) is 0 Å². The Hall–Kier alpha value is 1.16. The molecule has 0 aliphatic heterocycles. The maximum absolute atomic E-state index is 8.52. The molecule has 0 aromatic carbocycles. The third-order valence-electron chi connectivity index (χ3n) is 0. The van der Waals surface area contributed by atoms with E-state index in [2.05, 4.69) is 0 Å². The van der Waals surface area contributed by atoms with Gasteiger partial charge in [0.05, 0.1) is 0 Å². The molecule has 3 radical (unpaired) electrons. The van der Waals surface area contributed by atoms with Gasteiger partial charge in [-0.3, -0.25) is 8.42 Å². The molecule has 0 unspecified atom stereocenters. The Morgan fingerprint density at radius 1 is 1.14 bits per heavy atom. The molecule has 4 nitrogen and oxygen atoms in total. The monoisotopic (exact) mass is 183 g/mol. The van der Waals surface area contributed by atoms with Crippen LogP contribution in [0.4, 0.5) is 0 Å². The average molecular weight is 184 g/mol. The first-order valence-electron chi connectivity index (χ1n) is 0.667. The fourth-order valence-corrected chi connectivity index (χ4v) is 0. The van der Waals surface area contributed by atoms with Gasteiger partial charge >= 0.3 is 17.1 Å². The Morgan fingerprint density at radius 2 is 1.14 bits per heavy atom. The van der Waals surface area contributed by atoms with E-state index in [9.17, 15) is 0 Å². The van der Waals surface area contributed by atoms with E-state index < -0.39 is 10.4 Å². The van der Waals surface area contributed by atoms with Gasteiger partial charge in [0.25, 0.3) is 0 Å². The van der Waals surface area contributed by atoms with Crippen LogP contribution >= 0.6 is 0 Å². The van der Waals surface area contributed by atoms with Gasteiger partial charge in [-0.2, -0.15) is 0 Å². The number of hydrogen-bond acceptors (Lipinski definition) is 4. The summed E-state index contributed by atoms with van der Waals surface area (Å²) in [4.78, 5) is 0. The van der Waals surface area contributed by atoms with Gasteiger partial charge in [0.2, 0.25) is 0 Å². The molecule has 0 saturated carbocycles. The number of rotatable bonds is 0. The molecule has 0 aromatic heterocycles. The minimum atomic E-state index is -5.17. The standard InChI is InChI=1S/Cu.Mg.H2O4S/c;;1-5(2,3)4/h;;(H2,1,2,3,4)/q+2;;/p-2. The predicted octanol–water partition coefficient (Wildman–Crippen LogP) is -1.72. The summed E-state index contributed by atoms with van der Waals surface area (Å²) >= 11 is 0. The molecule has 0 rings (SSSR count). The van der Waals surface area contributed by atoms with Crippen molar-refractivity contribution in [1.82, 2.24) is 0 Å². The van der Waals surface area contributed by atoms with Crippen LogP contribution in [0.1, 0.15) is 0 Å². The SMILES string of the molecule is O=S(=O)([O-])[O-].[Cu+2].[Mg]. The topological polar surface area (TPSA) is 80.3 Å². The van der Waals surface area contributed by atoms with Crippen molar-refractivity contribution < 1.29 is 34.6 Å². The molecule has 0 aromatic rings. The van der Waals surface area contributed by atoms with Gasteiger partial charge < -0.3 is 9.11 Å². The third kappa shape index (κ3) is 142. The van der Waals surface area contributed by atoms with Crippen molar-refractivity contribution in [1.29, 1.82) is 0 Å². The van der Waals surface area contributed by atoms with Gasteiger partial charge in [-0.25, -0.2) is 0 Å². The summed E-state index contributed by atoms with van der Waals surface area (Å²) in [5.41, 5.74) is 0. The smallest absolute Gasteiger partial charge is 0.759 e. The zero-order valence-corrected chi connectivity index (χ0v) is 6.22. The van der Waals surface area contributed by atoms with E-state index in [1.807, 2.05) is 0 Å². The summed E-state index contributed by atoms with van der Waals surface area (Å²) < 4.78 is 34.1. The zero-order chi connectivity index (χ0) is 4.50. The Labute approximate surface area is 67.9 Å². The van der Waals surface area contributed by atoms with E-state index in [0.29, 0.717) is 0 Å². The molecule has 0 bridgehead atoms. The van der Waals surface area contributed by atoms with E-state index in [4.69, 9.17) is 17.5 Å². The van der Waals surface area contributed by atoms with Gasteiger partial charge in [-0.1, -0.05) is 0 Å². The first-order valence-corrected chi connectivity index (χ1v) is 2.00. The van der Waals surface area contributed by atoms with Gasteiger partial charge in [-0.05, 0) is 0 Å². The maximum atomic E-state index is 8.52. The molecule has 0 spiro atoms. The van der Waals surface area contributed by atoms with E-state index in [1.54, 1.807) is 0 Å². The van der Waals surface area contributed by atoms with Gasteiger partial charge in [0.15, 0.2) is 0 Å². The predicted molar refractivity (Wildman–Crippen MR) is 16.2 cm³/mol. The summed E-state index contributed by atoms with van der Waals surface area (Å²) in [6.07, 6.45) is 0. The van der Waals surface area contributed by atoms with Crippen LogP contribution in [0.25, 0.3) is 0 Å². The van der Waals surface area contributed by atoms with Crippen molar-refractivity contribution in [2.24, 2.45) is 0 Å². The van der Waals surface area contributed by atoms with Crippen molar-refractivity contribution >= 4 is 33.5 Å². The Balaban J connectivity index is -0.0000000800. The van der Waals surface area contributed by atoms with Gasteiger partial charge in [-0.15, -0.1) is 0 Å². The molecule has 0 saturated heterocycles. The van der Waals surface area contributed by atoms with E-state index in [-0.39, 0.29) is 40.1 Å². The molecule has 0 aliphatic carbocycles. The zero-order valence-electron chi connectivity index (χ0n) is 3.05. The van der Waals surface area contributed by atoms with Crippen molar-refractivity contribution in [3.63, 3.8) is 0 Å². The summed E-state index contributed by atoms with van der Waals surface area (Å²) in [6, 6.07) is 0. The minimum Gasteiger partial charge on any atom is -0.759 e. The average Bonchev–Trinajstić information content (AvgIpc) is 0.722. The van der Waals surface area contributed by atoms with Crippen molar-refractivity contribution in [3.05, 3.63) is 0 Å². The van der Waals surface area contributed by atoms with Crippen LogP contribution < -0.4 is 0 Å². The van der Waals surface area contributed by atoms with Crippen molar-refractivity contribution in [2.45, 2.75) is 0 Å². The second-order valence-corrected chi connectivity index (χ2v) is 1.22. The van der Waals surface area contributed by atoms with Crippen molar-refractivity contribution in [3.8, 4) is 0 Å². The molecule has 0 atom stereocenters. The summed E-state index contributed by atoms with van der Waals surface area (Å²) in [6.45, 7) is 0. The first-order chi connectivity index (χ1) is 2.00. The molecule has 7 heavy (non-hydrogen) atoms. The quantitative estimate of drug-likeness (QED) is 0.254. The van der Waals surface area contributed by atoms with Crippen LogP contribution in [0.2, 0.25) is 0 Å². The summed E-state index contributed by atoms with van der Waals surface area (Å²) in [7, 11) is -5.17. The fraction of sp³-hybridized carbons (Fsp3) is 0. The minimum absolute atomic E-state index is 0. The van der Waals surface area contributed by atoms with Crippen LogP contribution in [0.15, 0.2) is 0 Å². The molecular weight excluding hydrogens is 184 g/mol. The largest absolute Gasteiger partial charge is 2.00 e. The van der Waals surface area contributed by atoms with Crippen LogP contribution in [0.5, 0.6) is 0 Å². The molecule has 0 aliphatic rings. The maximum Gasteiger partial charge on any atom is 2.00 e.